The Labute approximate surface area is 121 Å². The Morgan fingerprint density at radius 1 is 1.29 bits per heavy atom. The molecule has 110 valence electrons. The normalized spacial score (nSPS) is 10.1. The van der Waals surface area contributed by atoms with E-state index in [0.717, 1.165) is 0 Å². The average molecular weight is 289 g/mol. The van der Waals surface area contributed by atoms with E-state index in [1.807, 2.05) is 0 Å². The Balaban J connectivity index is 1.97. The van der Waals surface area contributed by atoms with E-state index < -0.39 is 5.97 Å². The Hall–Kier alpha value is -2.83. The van der Waals surface area contributed by atoms with Crippen molar-refractivity contribution in [2.45, 2.75) is 13.0 Å². The van der Waals surface area contributed by atoms with Crippen LogP contribution < -0.4 is 10.1 Å². The number of rotatable bonds is 6. The number of nitrogens with one attached hydrogen (secondary N) is 1. The molecule has 0 aliphatic heterocycles. The number of nitrogens with zero attached hydrogens (tertiary/aromatic N) is 2. The lowest BCUT2D eigenvalue weighted by Gasteiger charge is -2.04. The van der Waals surface area contributed by atoms with E-state index in [1.54, 1.807) is 43.6 Å². The van der Waals surface area contributed by atoms with Gasteiger partial charge in [-0.3, -0.25) is 14.3 Å². The first-order chi connectivity index (χ1) is 10.1. The van der Waals surface area contributed by atoms with Gasteiger partial charge < -0.3 is 15.2 Å². The van der Waals surface area contributed by atoms with Crippen LogP contribution in [0.15, 0.2) is 36.5 Å². The largest absolute Gasteiger partial charge is 0.497 e. The zero-order valence-corrected chi connectivity index (χ0v) is 11.4. The van der Waals surface area contributed by atoms with Crippen LogP contribution >= 0.6 is 0 Å². The maximum absolute atomic E-state index is 12.0. The molecule has 1 heterocycles. The predicted octanol–water partition coefficient (Wildman–Crippen LogP) is 1.62. The standard InChI is InChI=1S/C14H15N3O4/c1-21-11-4-2-10(3-5-11)15-14(20)12-6-8-17(16-12)9-7-13(18)19/h2-6,8H,7,9H2,1H3,(H,15,20)(H,18,19). The fourth-order valence-corrected chi connectivity index (χ4v) is 1.69. The molecule has 7 nitrogen and oxygen atoms in total. The molecule has 0 atom stereocenters. The number of aryl methyl sites for hydroxylation is 1. The predicted molar refractivity (Wildman–Crippen MR) is 75.4 cm³/mol. The van der Waals surface area contributed by atoms with Gasteiger partial charge in [-0.15, -0.1) is 0 Å². The minimum Gasteiger partial charge on any atom is -0.497 e. The van der Waals surface area contributed by atoms with Crippen molar-refractivity contribution < 1.29 is 19.4 Å². The summed E-state index contributed by atoms with van der Waals surface area (Å²) in [5.74, 6) is -0.560. The number of aromatic nitrogens is 2. The molecule has 21 heavy (non-hydrogen) atoms. The van der Waals surface area contributed by atoms with E-state index >= 15 is 0 Å². The first-order valence-electron chi connectivity index (χ1n) is 6.29. The van der Waals surface area contributed by atoms with Crippen molar-refractivity contribution in [2.75, 3.05) is 12.4 Å². The number of anilines is 1. The molecule has 0 spiro atoms. The van der Waals surface area contributed by atoms with Crippen molar-refractivity contribution in [3.63, 3.8) is 0 Å². The number of hydrogen-bond donors (Lipinski definition) is 2. The van der Waals surface area contributed by atoms with Crippen LogP contribution in [0.4, 0.5) is 5.69 Å². The second kappa shape index (κ2) is 6.56. The molecule has 2 N–H and O–H groups in total. The number of carboxylic acid groups (broad SMARTS) is 1. The van der Waals surface area contributed by atoms with Gasteiger partial charge in [0.2, 0.25) is 0 Å². The van der Waals surface area contributed by atoms with Gasteiger partial charge in [0.1, 0.15) is 5.75 Å². The Morgan fingerprint density at radius 2 is 2.00 bits per heavy atom. The molecule has 0 aliphatic carbocycles. The van der Waals surface area contributed by atoms with Crippen molar-refractivity contribution in [2.24, 2.45) is 0 Å². The van der Waals surface area contributed by atoms with Crippen LogP contribution in [0.1, 0.15) is 16.9 Å². The van der Waals surface area contributed by atoms with Crippen LogP contribution in [0.3, 0.4) is 0 Å². The third-order valence-electron chi connectivity index (χ3n) is 2.78. The topological polar surface area (TPSA) is 93.5 Å². The van der Waals surface area contributed by atoms with E-state index in [0.29, 0.717) is 11.4 Å². The minimum absolute atomic E-state index is 0.0405. The molecule has 1 amide bonds. The second-order valence-corrected chi connectivity index (χ2v) is 4.29. The smallest absolute Gasteiger partial charge is 0.305 e. The number of aliphatic carboxylic acids is 1. The molecule has 0 unspecified atom stereocenters. The molecule has 1 aromatic heterocycles. The van der Waals surface area contributed by atoms with Gasteiger partial charge in [0.25, 0.3) is 5.91 Å². The molecule has 0 radical (unpaired) electrons. The summed E-state index contributed by atoms with van der Waals surface area (Å²) in [6.45, 7) is 0.227. The van der Waals surface area contributed by atoms with Crippen LogP contribution in [0.5, 0.6) is 5.75 Å². The lowest BCUT2D eigenvalue weighted by molar-refractivity contribution is -0.137. The maximum Gasteiger partial charge on any atom is 0.305 e. The lowest BCUT2D eigenvalue weighted by Crippen LogP contribution is -2.13. The van der Waals surface area contributed by atoms with Crippen molar-refractivity contribution in [3.8, 4) is 5.75 Å². The number of ether oxygens (including phenoxy) is 1. The van der Waals surface area contributed by atoms with Crippen LogP contribution in [0.2, 0.25) is 0 Å². The van der Waals surface area contributed by atoms with Gasteiger partial charge in [0.05, 0.1) is 20.1 Å². The Morgan fingerprint density at radius 3 is 2.62 bits per heavy atom. The van der Waals surface area contributed by atoms with Crippen molar-refractivity contribution in [1.82, 2.24) is 9.78 Å². The van der Waals surface area contributed by atoms with E-state index in [2.05, 4.69) is 10.4 Å². The van der Waals surface area contributed by atoms with E-state index in [1.165, 1.54) is 4.68 Å². The van der Waals surface area contributed by atoms with Crippen LogP contribution in [-0.4, -0.2) is 33.9 Å². The van der Waals surface area contributed by atoms with E-state index in [4.69, 9.17) is 9.84 Å². The Kier molecular flexibility index (Phi) is 4.55. The van der Waals surface area contributed by atoms with Crippen LogP contribution in [0.25, 0.3) is 0 Å². The third kappa shape index (κ3) is 4.07. The van der Waals surface area contributed by atoms with E-state index in [9.17, 15) is 9.59 Å². The molecule has 7 heteroatoms. The van der Waals surface area contributed by atoms with Gasteiger partial charge in [-0.1, -0.05) is 0 Å². The molecule has 1 aromatic carbocycles. The SMILES string of the molecule is COc1ccc(NC(=O)c2ccn(CCC(=O)O)n2)cc1. The first-order valence-corrected chi connectivity index (χ1v) is 6.29. The number of carbonyl (C=O) groups is 2. The summed E-state index contributed by atoms with van der Waals surface area (Å²) < 4.78 is 6.46. The fourth-order valence-electron chi connectivity index (χ4n) is 1.69. The van der Waals surface area contributed by atoms with Gasteiger partial charge in [-0.25, -0.2) is 0 Å². The van der Waals surface area contributed by atoms with Crippen molar-refractivity contribution in [1.29, 1.82) is 0 Å². The zero-order valence-electron chi connectivity index (χ0n) is 11.4. The lowest BCUT2D eigenvalue weighted by atomic mass is 10.3. The van der Waals surface area contributed by atoms with Gasteiger partial charge in [0, 0.05) is 11.9 Å². The molecule has 2 rings (SSSR count). The molecular formula is C14H15N3O4. The highest BCUT2D eigenvalue weighted by molar-refractivity contribution is 6.02. The quantitative estimate of drug-likeness (QED) is 0.842. The Bertz CT molecular complexity index is 634. The number of benzene rings is 1. The van der Waals surface area contributed by atoms with Gasteiger partial charge in [-0.05, 0) is 30.3 Å². The zero-order chi connectivity index (χ0) is 15.2. The second-order valence-electron chi connectivity index (χ2n) is 4.29. The summed E-state index contributed by atoms with van der Waals surface area (Å²) in [5, 5.41) is 15.3. The first kappa shape index (κ1) is 14.6. The van der Waals surface area contributed by atoms with Gasteiger partial charge in [-0.2, -0.15) is 5.10 Å². The number of hydrogen-bond acceptors (Lipinski definition) is 4. The van der Waals surface area contributed by atoms with Crippen molar-refractivity contribution in [3.05, 3.63) is 42.2 Å². The minimum atomic E-state index is -0.908. The van der Waals surface area contributed by atoms with Crippen LogP contribution in [0, 0.1) is 0 Å². The van der Waals surface area contributed by atoms with E-state index in [-0.39, 0.29) is 24.6 Å². The average Bonchev–Trinajstić information content (AvgIpc) is 2.95. The van der Waals surface area contributed by atoms with Gasteiger partial charge >= 0.3 is 5.97 Å². The number of amides is 1. The summed E-state index contributed by atoms with van der Waals surface area (Å²) in [6.07, 6.45) is 1.53. The molecule has 2 aromatic rings. The molecule has 0 fully saturated rings. The number of methoxy groups -OCH3 is 1. The maximum atomic E-state index is 12.0. The summed E-state index contributed by atoms with van der Waals surface area (Å²) >= 11 is 0. The molecular weight excluding hydrogens is 274 g/mol. The summed E-state index contributed by atoms with van der Waals surface area (Å²) in [4.78, 5) is 22.5. The molecule has 0 bridgehead atoms. The molecule has 0 aliphatic rings. The molecule has 0 saturated heterocycles. The fraction of sp³-hybridized carbons (Fsp3) is 0.214. The monoisotopic (exact) mass is 289 g/mol. The highest BCUT2D eigenvalue weighted by atomic mass is 16.5. The number of carboxylic acids is 1. The molecule has 0 saturated carbocycles. The van der Waals surface area contributed by atoms with Gasteiger partial charge in [0.15, 0.2) is 5.69 Å². The summed E-state index contributed by atoms with van der Waals surface area (Å²) in [6, 6.07) is 8.46. The highest BCUT2D eigenvalue weighted by Crippen LogP contribution is 2.15. The van der Waals surface area contributed by atoms with Crippen molar-refractivity contribution >= 4 is 17.6 Å². The van der Waals surface area contributed by atoms with Crippen LogP contribution in [-0.2, 0) is 11.3 Å². The third-order valence-corrected chi connectivity index (χ3v) is 2.78. The number of carbonyl (C=O) groups excluding carboxylic acids is 1. The summed E-state index contributed by atoms with van der Waals surface area (Å²) in [5.41, 5.74) is 0.858. The highest BCUT2D eigenvalue weighted by Gasteiger charge is 2.10. The summed E-state index contributed by atoms with van der Waals surface area (Å²) in [7, 11) is 1.57.